The van der Waals surface area contributed by atoms with Crippen LogP contribution in [0.1, 0.15) is 5.56 Å². The lowest BCUT2D eigenvalue weighted by Crippen LogP contribution is -2.33. The van der Waals surface area contributed by atoms with Crippen LogP contribution in [0.5, 0.6) is 0 Å². The summed E-state index contributed by atoms with van der Waals surface area (Å²) in [5.41, 5.74) is 3.77. The van der Waals surface area contributed by atoms with Crippen LogP contribution in [0.15, 0.2) is 59.6 Å². The molecular formula is C24H28N6O3S. The van der Waals surface area contributed by atoms with Gasteiger partial charge in [0.2, 0.25) is 21.9 Å². The van der Waals surface area contributed by atoms with E-state index in [1.807, 2.05) is 43.3 Å². The number of hydrogen-bond donors (Lipinski definition) is 1. The van der Waals surface area contributed by atoms with E-state index >= 15 is 0 Å². The van der Waals surface area contributed by atoms with Crippen LogP contribution >= 0.6 is 0 Å². The van der Waals surface area contributed by atoms with E-state index in [1.54, 1.807) is 49.5 Å². The minimum Gasteiger partial charge on any atom is -0.324 e. The van der Waals surface area contributed by atoms with Gasteiger partial charge >= 0.3 is 0 Å². The van der Waals surface area contributed by atoms with Crippen LogP contribution in [0.3, 0.4) is 0 Å². The fourth-order valence-electron chi connectivity index (χ4n) is 3.69. The summed E-state index contributed by atoms with van der Waals surface area (Å²) in [4.78, 5) is 25.4. The fraction of sp³-hybridized carbons (Fsp3) is 0.292. The predicted octanol–water partition coefficient (Wildman–Crippen LogP) is 2.59. The zero-order chi connectivity index (χ0) is 24.5. The van der Waals surface area contributed by atoms with E-state index < -0.39 is 10.0 Å². The number of nitrogens with one attached hydrogen (secondary N) is 1. The Balaban J connectivity index is 1.57. The van der Waals surface area contributed by atoms with Crippen molar-refractivity contribution in [1.82, 2.24) is 19.2 Å². The summed E-state index contributed by atoms with van der Waals surface area (Å²) in [6.45, 7) is 1.03. The normalized spacial score (nSPS) is 13.6. The SMILES string of the molecule is CN(C)CCN(C)S(=O)(=O)c1ccc(Nc2ncc3c(n2)-c2ccccc2N(C)C(=O)C3)cc1. The van der Waals surface area contributed by atoms with Crippen molar-refractivity contribution in [1.29, 1.82) is 0 Å². The molecule has 178 valence electrons. The zero-order valence-electron chi connectivity index (χ0n) is 19.7. The molecule has 1 N–H and O–H groups in total. The first-order valence-electron chi connectivity index (χ1n) is 10.9. The maximum absolute atomic E-state index is 12.8. The van der Waals surface area contributed by atoms with Gasteiger partial charge in [0, 0.05) is 50.2 Å². The molecular weight excluding hydrogens is 452 g/mol. The largest absolute Gasteiger partial charge is 0.324 e. The highest BCUT2D eigenvalue weighted by Crippen LogP contribution is 2.35. The molecule has 3 aromatic rings. The van der Waals surface area contributed by atoms with Crippen molar-refractivity contribution >= 4 is 33.3 Å². The van der Waals surface area contributed by atoms with Crippen LogP contribution in [0.2, 0.25) is 0 Å². The second-order valence-corrected chi connectivity index (χ2v) is 10.5. The molecule has 0 saturated carbocycles. The number of anilines is 3. The number of amides is 1. The topological polar surface area (TPSA) is 98.7 Å². The van der Waals surface area contributed by atoms with Crippen molar-refractivity contribution < 1.29 is 13.2 Å². The average Bonchev–Trinajstić information content (AvgIpc) is 2.92. The molecule has 0 saturated heterocycles. The first-order valence-corrected chi connectivity index (χ1v) is 12.3. The number of benzene rings is 2. The van der Waals surface area contributed by atoms with E-state index in [4.69, 9.17) is 0 Å². The lowest BCUT2D eigenvalue weighted by Gasteiger charge is -2.19. The molecule has 0 radical (unpaired) electrons. The van der Waals surface area contributed by atoms with Gasteiger partial charge in [-0.25, -0.2) is 18.4 Å². The lowest BCUT2D eigenvalue weighted by atomic mass is 10.1. The lowest BCUT2D eigenvalue weighted by molar-refractivity contribution is -0.117. The standard InChI is InChI=1S/C24H28N6O3S/c1-28(2)13-14-29(3)34(32,33)19-11-9-18(10-12-19)26-24-25-16-17-15-22(31)30(4)21-8-6-5-7-20(21)23(17)27-24/h5-12,16H,13-15H2,1-4H3,(H,25,26,27). The number of nitrogens with zero attached hydrogens (tertiary/aromatic N) is 5. The third-order valence-electron chi connectivity index (χ3n) is 5.78. The van der Waals surface area contributed by atoms with Gasteiger partial charge in [-0.2, -0.15) is 4.31 Å². The highest BCUT2D eigenvalue weighted by atomic mass is 32.2. The average molecular weight is 481 g/mol. The molecule has 1 amide bonds. The van der Waals surface area contributed by atoms with Gasteiger partial charge in [0.25, 0.3) is 0 Å². The molecule has 1 aliphatic heterocycles. The van der Waals surface area contributed by atoms with Gasteiger partial charge < -0.3 is 15.1 Å². The van der Waals surface area contributed by atoms with Crippen LogP contribution in [-0.4, -0.2) is 74.8 Å². The Morgan fingerprint density at radius 1 is 1.03 bits per heavy atom. The number of hydrogen-bond acceptors (Lipinski definition) is 7. The molecule has 0 aliphatic carbocycles. The van der Waals surface area contributed by atoms with Gasteiger partial charge in [-0.3, -0.25) is 4.79 Å². The van der Waals surface area contributed by atoms with E-state index in [1.165, 1.54) is 4.31 Å². The molecule has 2 aromatic carbocycles. The highest BCUT2D eigenvalue weighted by molar-refractivity contribution is 7.89. The first kappa shape index (κ1) is 23.8. The molecule has 0 atom stereocenters. The molecule has 0 bridgehead atoms. The Labute approximate surface area is 200 Å². The Morgan fingerprint density at radius 3 is 2.44 bits per heavy atom. The van der Waals surface area contributed by atoms with E-state index in [0.29, 0.717) is 30.4 Å². The second kappa shape index (κ2) is 9.49. The number of rotatable bonds is 7. The van der Waals surface area contributed by atoms with Crippen molar-refractivity contribution in [3.8, 4) is 11.3 Å². The molecule has 34 heavy (non-hydrogen) atoms. The number of aromatic nitrogens is 2. The summed E-state index contributed by atoms with van der Waals surface area (Å²) in [5.74, 6) is 0.340. The fourth-order valence-corrected chi connectivity index (χ4v) is 4.85. The van der Waals surface area contributed by atoms with E-state index in [2.05, 4.69) is 15.3 Å². The van der Waals surface area contributed by atoms with Crippen molar-refractivity contribution in [2.75, 3.05) is 51.5 Å². The maximum Gasteiger partial charge on any atom is 0.242 e. The number of fused-ring (bicyclic) bond motifs is 3. The van der Waals surface area contributed by atoms with Gasteiger partial charge in [-0.1, -0.05) is 18.2 Å². The minimum absolute atomic E-state index is 0.0251. The minimum atomic E-state index is -3.57. The molecule has 0 spiro atoms. The highest BCUT2D eigenvalue weighted by Gasteiger charge is 2.25. The molecule has 1 aromatic heterocycles. The van der Waals surface area contributed by atoms with Crippen LogP contribution in [0.4, 0.5) is 17.3 Å². The Kier molecular flexibility index (Phi) is 6.65. The van der Waals surface area contributed by atoms with Crippen LogP contribution in [0.25, 0.3) is 11.3 Å². The van der Waals surface area contributed by atoms with Gasteiger partial charge in [0.05, 0.1) is 22.7 Å². The molecule has 9 nitrogen and oxygen atoms in total. The molecule has 4 rings (SSSR count). The molecule has 10 heteroatoms. The Hall–Kier alpha value is -3.34. The molecule has 0 fully saturated rings. The van der Waals surface area contributed by atoms with E-state index in [0.717, 1.165) is 16.8 Å². The van der Waals surface area contributed by atoms with Gasteiger partial charge in [0.1, 0.15) is 0 Å². The molecule has 1 aliphatic rings. The smallest absolute Gasteiger partial charge is 0.242 e. The van der Waals surface area contributed by atoms with E-state index in [-0.39, 0.29) is 17.2 Å². The summed E-state index contributed by atoms with van der Waals surface area (Å²) in [6, 6.07) is 14.1. The summed E-state index contributed by atoms with van der Waals surface area (Å²) < 4.78 is 27.0. The zero-order valence-corrected chi connectivity index (χ0v) is 20.5. The number of carbonyl (C=O) groups excluding carboxylic acids is 1. The van der Waals surface area contributed by atoms with E-state index in [9.17, 15) is 13.2 Å². The van der Waals surface area contributed by atoms with Gasteiger partial charge in [-0.05, 0) is 44.4 Å². The van der Waals surface area contributed by atoms with Crippen LogP contribution < -0.4 is 10.2 Å². The second-order valence-electron chi connectivity index (χ2n) is 8.49. The maximum atomic E-state index is 12.8. The third-order valence-corrected chi connectivity index (χ3v) is 7.65. The number of para-hydroxylation sites is 1. The van der Waals surface area contributed by atoms with Gasteiger partial charge in [0.15, 0.2) is 0 Å². The summed E-state index contributed by atoms with van der Waals surface area (Å²) in [5, 5.41) is 3.14. The van der Waals surface area contributed by atoms with Crippen molar-refractivity contribution in [2.45, 2.75) is 11.3 Å². The van der Waals surface area contributed by atoms with Crippen LogP contribution in [0, 0.1) is 0 Å². The Bertz CT molecular complexity index is 1310. The first-order chi connectivity index (χ1) is 16.2. The summed E-state index contributed by atoms with van der Waals surface area (Å²) >= 11 is 0. The van der Waals surface area contributed by atoms with Crippen molar-refractivity contribution in [2.24, 2.45) is 0 Å². The monoisotopic (exact) mass is 480 g/mol. The number of likely N-dealkylation sites (N-methyl/N-ethyl adjacent to an activating group) is 3. The number of carbonyl (C=O) groups is 1. The van der Waals surface area contributed by atoms with Crippen molar-refractivity contribution in [3.05, 3.63) is 60.3 Å². The summed E-state index contributed by atoms with van der Waals surface area (Å²) in [7, 11) is 3.57. The number of sulfonamides is 1. The predicted molar refractivity (Wildman–Crippen MR) is 133 cm³/mol. The quantitative estimate of drug-likeness (QED) is 0.555. The summed E-state index contributed by atoms with van der Waals surface area (Å²) in [6.07, 6.45) is 1.88. The molecule has 2 heterocycles. The van der Waals surface area contributed by atoms with Crippen molar-refractivity contribution in [3.63, 3.8) is 0 Å². The molecule has 0 unspecified atom stereocenters. The Morgan fingerprint density at radius 2 is 1.74 bits per heavy atom. The van der Waals surface area contributed by atoms with Gasteiger partial charge in [-0.15, -0.1) is 0 Å². The third kappa shape index (κ3) is 4.79. The van der Waals surface area contributed by atoms with Crippen LogP contribution in [-0.2, 0) is 21.2 Å².